The number of halogens is 3. The first-order chi connectivity index (χ1) is 11.1. The maximum atomic E-state index is 13.3. The van der Waals surface area contributed by atoms with Crippen molar-refractivity contribution < 1.29 is 33.5 Å². The van der Waals surface area contributed by atoms with Crippen LogP contribution in [0.1, 0.15) is 30.9 Å². The minimum atomic E-state index is -4.75. The maximum Gasteiger partial charge on any atom is 0.416 e. The largest absolute Gasteiger partial charge is 0.545 e. The van der Waals surface area contributed by atoms with Gasteiger partial charge in [-0.2, -0.15) is 13.2 Å². The molecule has 0 saturated carbocycles. The van der Waals surface area contributed by atoms with E-state index in [-0.39, 0.29) is 16.6 Å². The van der Waals surface area contributed by atoms with Gasteiger partial charge in [-0.1, -0.05) is 18.2 Å². The Labute approximate surface area is 135 Å². The van der Waals surface area contributed by atoms with Crippen LogP contribution in [-0.2, 0) is 11.0 Å². The van der Waals surface area contributed by atoms with Crippen molar-refractivity contribution in [2.24, 2.45) is 0 Å². The number of carbonyl (C=O) groups excluding carboxylic acids is 1. The first-order valence-electron chi connectivity index (χ1n) is 6.79. The Balaban J connectivity index is 2.80. The highest BCUT2D eigenvalue weighted by Gasteiger charge is 2.40. The number of benzene rings is 1. The lowest BCUT2D eigenvalue weighted by atomic mass is 9.81. The Morgan fingerprint density at radius 2 is 1.79 bits per heavy atom. The first kappa shape index (κ1) is 17.8. The normalized spacial score (nSPS) is 18.5. The Kier molecular flexibility index (Phi) is 4.59. The maximum absolute atomic E-state index is 13.3. The molecule has 0 saturated heterocycles. The number of dihydropyridines is 1. The van der Waals surface area contributed by atoms with Gasteiger partial charge in [0.25, 0.3) is 0 Å². The highest BCUT2D eigenvalue weighted by atomic mass is 19.4. The summed E-state index contributed by atoms with van der Waals surface area (Å²) in [4.78, 5) is 11.5. The quantitative estimate of drug-likeness (QED) is 0.724. The summed E-state index contributed by atoms with van der Waals surface area (Å²) < 4.78 is 39.9. The number of aliphatic carboxylic acids is 1. The van der Waals surface area contributed by atoms with E-state index in [2.05, 4.69) is 5.32 Å². The van der Waals surface area contributed by atoms with Crippen LogP contribution < -0.4 is 10.4 Å². The molecular weight excluding hydrogens is 329 g/mol. The second kappa shape index (κ2) is 6.17. The van der Waals surface area contributed by atoms with E-state index in [9.17, 15) is 33.5 Å². The van der Waals surface area contributed by atoms with Crippen molar-refractivity contribution in [3.8, 4) is 0 Å². The Hall–Kier alpha value is -2.52. The average Bonchev–Trinajstić information content (AvgIpc) is 2.44. The van der Waals surface area contributed by atoms with E-state index in [1.165, 1.54) is 19.9 Å². The highest BCUT2D eigenvalue weighted by molar-refractivity contribution is 5.89. The molecule has 0 fully saturated rings. The Bertz CT molecular complexity index is 738. The predicted octanol–water partition coefficient (Wildman–Crippen LogP) is 1.73. The molecule has 1 heterocycles. The molecule has 2 rings (SSSR count). The average molecular weight is 343 g/mol. The van der Waals surface area contributed by atoms with Crippen molar-refractivity contribution in [1.29, 1.82) is 0 Å². The molecule has 0 aromatic heterocycles. The highest BCUT2D eigenvalue weighted by Crippen LogP contribution is 2.43. The number of hydrogen-bond donors (Lipinski definition) is 3. The summed E-state index contributed by atoms with van der Waals surface area (Å²) in [6.45, 7) is 2.74. The van der Waals surface area contributed by atoms with Crippen molar-refractivity contribution in [3.63, 3.8) is 0 Å². The zero-order valence-electron chi connectivity index (χ0n) is 12.7. The fraction of sp³-hybridized carbons (Fsp3) is 0.267. The van der Waals surface area contributed by atoms with Gasteiger partial charge in [-0.05, 0) is 25.5 Å². The summed E-state index contributed by atoms with van der Waals surface area (Å²) in [5, 5.41) is 32.6. The molecule has 0 unspecified atom stereocenters. The summed E-state index contributed by atoms with van der Waals surface area (Å²) >= 11 is 0. The van der Waals surface area contributed by atoms with E-state index in [1.807, 2.05) is 0 Å². The van der Waals surface area contributed by atoms with Gasteiger partial charge < -0.3 is 15.2 Å². The van der Waals surface area contributed by atoms with Crippen LogP contribution in [0.4, 0.5) is 13.2 Å². The molecule has 0 radical (unpaired) electrons. The summed E-state index contributed by atoms with van der Waals surface area (Å²) in [6, 6.07) is 4.35. The molecule has 1 aromatic rings. The van der Waals surface area contributed by atoms with Crippen LogP contribution in [0.2, 0.25) is 0 Å². The van der Waals surface area contributed by atoms with Crippen LogP contribution in [0, 0.1) is 0 Å². The minimum Gasteiger partial charge on any atom is -0.545 e. The number of nitrogens with one attached hydrogen (secondary N) is 1. The van der Waals surface area contributed by atoms with Crippen molar-refractivity contribution >= 4 is 5.97 Å². The molecular formula is C15H14F3N2O4-. The number of nitrogens with zero attached hydrogens (tertiary/aromatic N) is 1. The summed E-state index contributed by atoms with van der Waals surface area (Å²) in [6.07, 6.45) is -4.75. The van der Waals surface area contributed by atoms with Crippen LogP contribution in [0.25, 0.3) is 0 Å². The van der Waals surface area contributed by atoms with Crippen molar-refractivity contribution in [1.82, 2.24) is 10.5 Å². The molecule has 0 bridgehead atoms. The fourth-order valence-corrected chi connectivity index (χ4v) is 2.83. The van der Waals surface area contributed by atoms with E-state index in [4.69, 9.17) is 0 Å². The summed E-state index contributed by atoms with van der Waals surface area (Å²) in [5.74, 6) is -3.28. The van der Waals surface area contributed by atoms with Gasteiger partial charge >= 0.3 is 6.18 Å². The lowest BCUT2D eigenvalue weighted by Gasteiger charge is -2.35. The molecule has 1 aromatic carbocycles. The molecule has 130 valence electrons. The van der Waals surface area contributed by atoms with Gasteiger partial charge in [-0.15, -0.1) is 5.23 Å². The fourth-order valence-electron chi connectivity index (χ4n) is 2.83. The van der Waals surface area contributed by atoms with Gasteiger partial charge in [0, 0.05) is 17.0 Å². The molecule has 1 aliphatic heterocycles. The van der Waals surface area contributed by atoms with E-state index in [1.54, 1.807) is 0 Å². The predicted molar refractivity (Wildman–Crippen MR) is 73.1 cm³/mol. The summed E-state index contributed by atoms with van der Waals surface area (Å²) in [7, 11) is 0. The van der Waals surface area contributed by atoms with Gasteiger partial charge in [0.2, 0.25) is 0 Å². The third kappa shape index (κ3) is 3.08. The molecule has 9 heteroatoms. The molecule has 6 nitrogen and oxygen atoms in total. The van der Waals surface area contributed by atoms with E-state index < -0.39 is 40.5 Å². The molecule has 3 N–H and O–H groups in total. The van der Waals surface area contributed by atoms with Crippen LogP contribution in [-0.4, -0.2) is 21.6 Å². The second-order valence-electron chi connectivity index (χ2n) is 5.27. The van der Waals surface area contributed by atoms with Crippen molar-refractivity contribution in [3.05, 3.63) is 58.1 Å². The van der Waals surface area contributed by atoms with Gasteiger partial charge in [0.05, 0.1) is 17.5 Å². The smallest absolute Gasteiger partial charge is 0.416 e. The van der Waals surface area contributed by atoms with Crippen LogP contribution in [0.5, 0.6) is 0 Å². The Morgan fingerprint density at radius 1 is 1.21 bits per heavy atom. The molecule has 24 heavy (non-hydrogen) atoms. The molecule has 1 atom stereocenters. The van der Waals surface area contributed by atoms with Crippen LogP contribution >= 0.6 is 0 Å². The SMILES string of the molecule is CC1=C(C(=O)[O-])[C@@H](c2ccccc2C(F)(F)F)C(N(O)O)=C(C)N1. The van der Waals surface area contributed by atoms with Crippen molar-refractivity contribution in [2.75, 3.05) is 0 Å². The lowest BCUT2D eigenvalue weighted by molar-refractivity contribution is -0.301. The van der Waals surface area contributed by atoms with E-state index in [0.29, 0.717) is 0 Å². The molecule has 1 aliphatic rings. The number of carboxylic acids is 1. The topological polar surface area (TPSA) is 95.9 Å². The molecule has 0 aliphatic carbocycles. The zero-order valence-corrected chi connectivity index (χ0v) is 12.7. The van der Waals surface area contributed by atoms with Gasteiger partial charge in [-0.25, -0.2) is 0 Å². The lowest BCUT2D eigenvalue weighted by Crippen LogP contribution is -2.39. The number of alkyl halides is 3. The zero-order chi connectivity index (χ0) is 18.2. The van der Waals surface area contributed by atoms with Crippen LogP contribution in [0.3, 0.4) is 0 Å². The molecule has 0 amide bonds. The molecule has 0 spiro atoms. The van der Waals surface area contributed by atoms with E-state index in [0.717, 1.165) is 18.2 Å². The van der Waals surface area contributed by atoms with Gasteiger partial charge in [0.15, 0.2) is 0 Å². The number of allylic oxidation sites excluding steroid dienone is 3. The number of carboxylic acid groups (broad SMARTS) is 1. The van der Waals surface area contributed by atoms with Gasteiger partial charge in [-0.3, -0.25) is 10.4 Å². The first-order valence-corrected chi connectivity index (χ1v) is 6.79. The van der Waals surface area contributed by atoms with Crippen LogP contribution in [0.15, 0.2) is 46.9 Å². The van der Waals surface area contributed by atoms with Crippen molar-refractivity contribution in [2.45, 2.75) is 25.9 Å². The van der Waals surface area contributed by atoms with E-state index >= 15 is 0 Å². The third-order valence-electron chi connectivity index (χ3n) is 3.74. The number of hydrogen-bond acceptors (Lipinski definition) is 6. The second-order valence-corrected chi connectivity index (χ2v) is 5.27. The Morgan fingerprint density at radius 3 is 2.29 bits per heavy atom. The number of rotatable bonds is 3. The monoisotopic (exact) mass is 343 g/mol. The number of hydroxylamine groups is 2. The standard InChI is InChI=1S/C15H15F3N2O4/c1-7-11(14(21)22)12(13(20(23)24)8(2)19-7)9-5-3-4-6-10(9)15(16,17)18/h3-6,12,19,23-24H,1-2H3,(H,21,22)/p-1/t12-/m1/s1. The number of carbonyl (C=O) groups is 1. The minimum absolute atomic E-state index is 0.0556. The third-order valence-corrected chi connectivity index (χ3v) is 3.74. The summed E-state index contributed by atoms with van der Waals surface area (Å²) in [5.41, 5.74) is -2.29. The van der Waals surface area contributed by atoms with Gasteiger partial charge in [0.1, 0.15) is 5.70 Å².